The van der Waals surface area contributed by atoms with Gasteiger partial charge < -0.3 is 18.9 Å². The molecule has 0 amide bonds. The van der Waals surface area contributed by atoms with Gasteiger partial charge in [-0.3, -0.25) is 0 Å². The van der Waals surface area contributed by atoms with Gasteiger partial charge in [-0.05, 0) is 18.6 Å². The minimum Gasteiger partial charge on any atom is -0.490 e. The van der Waals surface area contributed by atoms with E-state index in [1.807, 2.05) is 13.0 Å². The Labute approximate surface area is 135 Å². The van der Waals surface area contributed by atoms with Crippen molar-refractivity contribution >= 4 is 11.9 Å². The van der Waals surface area contributed by atoms with E-state index in [2.05, 4.69) is 13.2 Å². The summed E-state index contributed by atoms with van der Waals surface area (Å²) < 4.78 is 20.6. The van der Waals surface area contributed by atoms with E-state index in [0.717, 1.165) is 17.7 Å². The number of carbonyl (C=O) groups is 2. The number of esters is 2. The molecule has 1 aromatic rings. The molecule has 0 fully saturated rings. The Hall–Kier alpha value is -2.76. The molecule has 0 saturated heterocycles. The van der Waals surface area contributed by atoms with Gasteiger partial charge in [-0.25, -0.2) is 9.59 Å². The zero-order chi connectivity index (χ0) is 17.1. The van der Waals surface area contributed by atoms with Crippen LogP contribution in [0.5, 0.6) is 11.5 Å². The van der Waals surface area contributed by atoms with Gasteiger partial charge in [0.2, 0.25) is 0 Å². The first-order valence-electron chi connectivity index (χ1n) is 7.01. The average Bonchev–Trinajstić information content (AvgIpc) is 2.57. The van der Waals surface area contributed by atoms with Crippen LogP contribution in [0.2, 0.25) is 0 Å². The first-order valence-corrected chi connectivity index (χ1v) is 7.01. The summed E-state index contributed by atoms with van der Waals surface area (Å²) in [7, 11) is 0. The third-order valence-electron chi connectivity index (χ3n) is 2.67. The van der Waals surface area contributed by atoms with Crippen molar-refractivity contribution in [2.45, 2.75) is 6.92 Å². The molecule has 0 N–H and O–H groups in total. The van der Waals surface area contributed by atoms with E-state index >= 15 is 0 Å². The zero-order valence-electron chi connectivity index (χ0n) is 13.1. The molecule has 0 radical (unpaired) electrons. The second-order valence-corrected chi connectivity index (χ2v) is 4.37. The molecule has 0 heterocycles. The number of rotatable bonds is 10. The van der Waals surface area contributed by atoms with Crippen molar-refractivity contribution in [1.82, 2.24) is 0 Å². The lowest BCUT2D eigenvalue weighted by atomic mass is 10.2. The molecule has 0 aliphatic heterocycles. The molecule has 23 heavy (non-hydrogen) atoms. The van der Waals surface area contributed by atoms with Gasteiger partial charge in [0.25, 0.3) is 0 Å². The maximum atomic E-state index is 10.9. The molecule has 1 aromatic carbocycles. The van der Waals surface area contributed by atoms with Crippen molar-refractivity contribution in [3.63, 3.8) is 0 Å². The molecule has 124 valence electrons. The predicted octanol–water partition coefficient (Wildman–Crippen LogP) is 2.21. The van der Waals surface area contributed by atoms with Crippen LogP contribution >= 0.6 is 0 Å². The van der Waals surface area contributed by atoms with E-state index < -0.39 is 11.9 Å². The quantitative estimate of drug-likeness (QED) is 0.374. The fraction of sp³-hybridized carbons (Fsp3) is 0.294. The Bertz CT molecular complexity index is 564. The number of hydrogen-bond acceptors (Lipinski definition) is 6. The molecule has 0 aliphatic rings. The van der Waals surface area contributed by atoms with Crippen molar-refractivity contribution in [2.75, 3.05) is 26.4 Å². The Morgan fingerprint density at radius 3 is 2.09 bits per heavy atom. The number of carbonyl (C=O) groups excluding carboxylic acids is 2. The monoisotopic (exact) mass is 320 g/mol. The van der Waals surface area contributed by atoms with Crippen molar-refractivity contribution < 1.29 is 28.5 Å². The zero-order valence-corrected chi connectivity index (χ0v) is 13.1. The van der Waals surface area contributed by atoms with Crippen molar-refractivity contribution in [1.29, 1.82) is 0 Å². The van der Waals surface area contributed by atoms with E-state index in [9.17, 15) is 9.59 Å². The highest BCUT2D eigenvalue weighted by Crippen LogP contribution is 2.24. The van der Waals surface area contributed by atoms with Gasteiger partial charge in [0.1, 0.15) is 37.9 Å². The lowest BCUT2D eigenvalue weighted by Crippen LogP contribution is -2.11. The smallest absolute Gasteiger partial charge is 0.330 e. The fourth-order valence-electron chi connectivity index (χ4n) is 1.54. The second kappa shape index (κ2) is 10.0. The highest BCUT2D eigenvalue weighted by molar-refractivity contribution is 5.81. The molecule has 0 unspecified atom stereocenters. The first-order chi connectivity index (χ1) is 11.1. The summed E-state index contributed by atoms with van der Waals surface area (Å²) in [6.07, 6.45) is 2.19. The van der Waals surface area contributed by atoms with Crippen molar-refractivity contribution in [3.05, 3.63) is 49.1 Å². The number of benzene rings is 1. The lowest BCUT2D eigenvalue weighted by molar-refractivity contribution is -0.139. The van der Waals surface area contributed by atoms with Gasteiger partial charge in [-0.15, -0.1) is 0 Å². The molecule has 1 rings (SSSR count). The Morgan fingerprint density at radius 2 is 1.52 bits per heavy atom. The van der Waals surface area contributed by atoms with Gasteiger partial charge in [0, 0.05) is 18.2 Å². The lowest BCUT2D eigenvalue weighted by Gasteiger charge is -2.12. The molecule has 0 atom stereocenters. The molecule has 6 nitrogen and oxygen atoms in total. The van der Waals surface area contributed by atoms with Crippen molar-refractivity contribution in [3.8, 4) is 11.5 Å². The summed E-state index contributed by atoms with van der Waals surface area (Å²) in [6.45, 7) is 9.21. The van der Waals surface area contributed by atoms with Crippen LogP contribution in [0, 0.1) is 6.92 Å². The Kier molecular flexibility index (Phi) is 7.99. The van der Waals surface area contributed by atoms with Crippen LogP contribution in [0.3, 0.4) is 0 Å². The largest absolute Gasteiger partial charge is 0.490 e. The second-order valence-electron chi connectivity index (χ2n) is 4.37. The third kappa shape index (κ3) is 7.17. The Balaban J connectivity index is 2.41. The summed E-state index contributed by atoms with van der Waals surface area (Å²) in [4.78, 5) is 21.8. The normalized spacial score (nSPS) is 9.61. The predicted molar refractivity (Wildman–Crippen MR) is 84.5 cm³/mol. The summed E-state index contributed by atoms with van der Waals surface area (Å²) in [5, 5.41) is 0. The minimum atomic E-state index is -0.490. The van der Waals surface area contributed by atoms with Crippen LogP contribution in [-0.4, -0.2) is 38.4 Å². The average molecular weight is 320 g/mol. The highest BCUT2D eigenvalue weighted by atomic mass is 16.6. The summed E-state index contributed by atoms with van der Waals surface area (Å²) >= 11 is 0. The van der Waals surface area contributed by atoms with Crippen LogP contribution in [0.4, 0.5) is 0 Å². The SMILES string of the molecule is C=CC(=O)OCCOc1ccc(C)c(OCCOC(=O)C=C)c1. The van der Waals surface area contributed by atoms with Crippen LogP contribution in [0.1, 0.15) is 5.56 Å². The van der Waals surface area contributed by atoms with Crippen LogP contribution in [0.25, 0.3) is 0 Å². The van der Waals surface area contributed by atoms with Crippen LogP contribution in [-0.2, 0) is 19.1 Å². The molecule has 0 saturated carbocycles. The highest BCUT2D eigenvalue weighted by Gasteiger charge is 2.04. The first kappa shape index (κ1) is 18.3. The van der Waals surface area contributed by atoms with Gasteiger partial charge in [0.15, 0.2) is 0 Å². The molecular weight excluding hydrogens is 300 g/mol. The third-order valence-corrected chi connectivity index (χ3v) is 2.67. The summed E-state index contributed by atoms with van der Waals surface area (Å²) in [6, 6.07) is 5.35. The van der Waals surface area contributed by atoms with E-state index in [1.54, 1.807) is 12.1 Å². The van der Waals surface area contributed by atoms with Crippen molar-refractivity contribution in [2.24, 2.45) is 0 Å². The maximum absolute atomic E-state index is 10.9. The van der Waals surface area contributed by atoms with Gasteiger partial charge >= 0.3 is 11.9 Å². The molecule has 0 aromatic heterocycles. The van der Waals surface area contributed by atoms with E-state index in [0.29, 0.717) is 11.5 Å². The molecule has 0 aliphatic carbocycles. The maximum Gasteiger partial charge on any atom is 0.330 e. The minimum absolute atomic E-state index is 0.131. The Morgan fingerprint density at radius 1 is 0.957 bits per heavy atom. The van der Waals surface area contributed by atoms with Gasteiger partial charge in [-0.2, -0.15) is 0 Å². The molecule has 0 spiro atoms. The molecule has 0 bridgehead atoms. The molecular formula is C17H20O6. The van der Waals surface area contributed by atoms with E-state index in [-0.39, 0.29) is 26.4 Å². The summed E-state index contributed by atoms with van der Waals surface area (Å²) in [5.74, 6) is 0.232. The van der Waals surface area contributed by atoms with Crippen LogP contribution in [0.15, 0.2) is 43.5 Å². The van der Waals surface area contributed by atoms with E-state index in [4.69, 9.17) is 18.9 Å². The van der Waals surface area contributed by atoms with Gasteiger partial charge in [0.05, 0.1) is 0 Å². The fourth-order valence-corrected chi connectivity index (χ4v) is 1.54. The topological polar surface area (TPSA) is 71.1 Å². The number of aryl methyl sites for hydroxylation is 1. The molecule has 6 heteroatoms. The summed E-state index contributed by atoms with van der Waals surface area (Å²) in [5.41, 5.74) is 0.922. The standard InChI is InChI=1S/C17H20O6/c1-4-16(18)22-10-8-20-14-7-6-13(3)15(12-14)21-9-11-23-17(19)5-2/h4-7,12H,1-2,8-11H2,3H3. The van der Waals surface area contributed by atoms with Crippen LogP contribution < -0.4 is 9.47 Å². The number of hydrogen-bond donors (Lipinski definition) is 0. The van der Waals surface area contributed by atoms with Gasteiger partial charge in [-0.1, -0.05) is 19.2 Å². The number of ether oxygens (including phenoxy) is 4. The van der Waals surface area contributed by atoms with E-state index in [1.165, 1.54) is 0 Å².